The van der Waals surface area contributed by atoms with E-state index in [0.717, 1.165) is 23.9 Å². The van der Waals surface area contributed by atoms with Gasteiger partial charge in [-0.3, -0.25) is 0 Å². The maximum Gasteiger partial charge on any atom is 0.00940 e. The third-order valence-electron chi connectivity index (χ3n) is 5.49. The van der Waals surface area contributed by atoms with Gasteiger partial charge in [0.15, 0.2) is 0 Å². The van der Waals surface area contributed by atoms with Gasteiger partial charge in [-0.2, -0.15) is 0 Å². The van der Waals surface area contributed by atoms with Crippen LogP contribution in [0.1, 0.15) is 65.7 Å². The lowest BCUT2D eigenvalue weighted by Crippen LogP contribution is -2.48. The normalized spacial score (nSPS) is 34.6. The summed E-state index contributed by atoms with van der Waals surface area (Å²) < 4.78 is 0. The molecule has 0 bridgehead atoms. The Bertz CT molecular complexity index is 246. The molecule has 0 amide bonds. The molecule has 2 heteroatoms. The third-order valence-corrected chi connectivity index (χ3v) is 5.49. The lowest BCUT2D eigenvalue weighted by atomic mass is 9.79. The van der Waals surface area contributed by atoms with Crippen LogP contribution in [0.4, 0.5) is 0 Å². The lowest BCUT2D eigenvalue weighted by Gasteiger charge is -2.38. The average Bonchev–Trinajstić information content (AvgIpc) is 2.42. The van der Waals surface area contributed by atoms with Gasteiger partial charge in [0.1, 0.15) is 0 Å². The number of unbranched alkanes of at least 4 members (excludes halogenated alkanes) is 1. The molecule has 1 N–H and O–H groups in total. The fourth-order valence-corrected chi connectivity index (χ4v) is 3.74. The van der Waals surface area contributed by atoms with Crippen molar-refractivity contribution in [3.05, 3.63) is 0 Å². The van der Waals surface area contributed by atoms with E-state index in [0.29, 0.717) is 0 Å². The van der Waals surface area contributed by atoms with Crippen molar-refractivity contribution in [2.75, 3.05) is 19.6 Å². The second kappa shape index (κ2) is 7.64. The fraction of sp³-hybridized carbons (Fsp3) is 1.00. The van der Waals surface area contributed by atoms with Crippen LogP contribution in [0.2, 0.25) is 0 Å². The molecule has 0 aromatic carbocycles. The summed E-state index contributed by atoms with van der Waals surface area (Å²) >= 11 is 0. The van der Waals surface area contributed by atoms with Crippen LogP contribution in [0, 0.1) is 11.8 Å². The molecular weight excluding hydrogens is 232 g/mol. The van der Waals surface area contributed by atoms with Crippen LogP contribution in [0.15, 0.2) is 0 Å². The summed E-state index contributed by atoms with van der Waals surface area (Å²) in [4.78, 5) is 2.66. The quantitative estimate of drug-likeness (QED) is 0.817. The number of rotatable bonds is 5. The molecule has 3 unspecified atom stereocenters. The molecule has 0 radical (unpaired) electrons. The highest BCUT2D eigenvalue weighted by Crippen LogP contribution is 2.30. The van der Waals surface area contributed by atoms with Crippen molar-refractivity contribution in [1.82, 2.24) is 10.2 Å². The molecular formula is C17H34N2. The van der Waals surface area contributed by atoms with E-state index in [1.807, 2.05) is 0 Å². The van der Waals surface area contributed by atoms with Gasteiger partial charge in [-0.15, -0.1) is 0 Å². The van der Waals surface area contributed by atoms with E-state index in [-0.39, 0.29) is 0 Å². The second-order valence-corrected chi connectivity index (χ2v) is 7.10. The van der Waals surface area contributed by atoms with Crippen LogP contribution in [-0.4, -0.2) is 36.6 Å². The smallest absolute Gasteiger partial charge is 0.00940 e. The molecule has 1 saturated heterocycles. The van der Waals surface area contributed by atoms with Crippen molar-refractivity contribution in [3.8, 4) is 0 Å². The van der Waals surface area contributed by atoms with Gasteiger partial charge in [0.2, 0.25) is 0 Å². The van der Waals surface area contributed by atoms with Gasteiger partial charge in [0, 0.05) is 12.1 Å². The number of piperidine rings is 1. The number of likely N-dealkylation sites (tertiary alicyclic amines) is 1. The van der Waals surface area contributed by atoms with Gasteiger partial charge in [0.25, 0.3) is 0 Å². The zero-order valence-corrected chi connectivity index (χ0v) is 13.3. The minimum atomic E-state index is 0.795. The molecule has 1 aliphatic carbocycles. The predicted molar refractivity (Wildman–Crippen MR) is 83.5 cm³/mol. The maximum absolute atomic E-state index is 3.96. The zero-order valence-electron chi connectivity index (χ0n) is 13.3. The van der Waals surface area contributed by atoms with Gasteiger partial charge in [-0.1, -0.05) is 27.2 Å². The first-order valence-corrected chi connectivity index (χ1v) is 8.67. The standard InChI is InChI=1S/C17H34N2/c1-4-5-10-19-11-8-16(9-12-19)18-17-7-6-14(2)15(3)13-17/h14-18H,4-13H2,1-3H3. The third kappa shape index (κ3) is 4.75. The van der Waals surface area contributed by atoms with Crippen molar-refractivity contribution < 1.29 is 0 Å². The molecule has 0 aromatic heterocycles. The zero-order chi connectivity index (χ0) is 13.7. The van der Waals surface area contributed by atoms with Crippen molar-refractivity contribution >= 4 is 0 Å². The van der Waals surface area contributed by atoms with E-state index in [1.54, 1.807) is 0 Å². The van der Waals surface area contributed by atoms with E-state index in [2.05, 4.69) is 31.0 Å². The predicted octanol–water partition coefficient (Wildman–Crippen LogP) is 3.67. The highest BCUT2D eigenvalue weighted by atomic mass is 15.1. The van der Waals surface area contributed by atoms with Gasteiger partial charge in [-0.05, 0) is 70.0 Å². The molecule has 2 rings (SSSR count). The molecule has 0 spiro atoms. The second-order valence-electron chi connectivity index (χ2n) is 7.10. The van der Waals surface area contributed by atoms with E-state index in [4.69, 9.17) is 0 Å². The number of hydrogen-bond donors (Lipinski definition) is 1. The van der Waals surface area contributed by atoms with Gasteiger partial charge >= 0.3 is 0 Å². The minimum absolute atomic E-state index is 0.795. The Morgan fingerprint density at radius 2 is 1.68 bits per heavy atom. The maximum atomic E-state index is 3.96. The van der Waals surface area contributed by atoms with E-state index in [9.17, 15) is 0 Å². The highest BCUT2D eigenvalue weighted by molar-refractivity contribution is 4.85. The molecule has 1 heterocycles. The van der Waals surface area contributed by atoms with E-state index < -0.39 is 0 Å². The molecule has 2 nitrogen and oxygen atoms in total. The van der Waals surface area contributed by atoms with Crippen molar-refractivity contribution in [2.45, 2.75) is 77.8 Å². The molecule has 2 fully saturated rings. The van der Waals surface area contributed by atoms with Crippen LogP contribution >= 0.6 is 0 Å². The first-order chi connectivity index (χ1) is 9.19. The Kier molecular flexibility index (Phi) is 6.15. The van der Waals surface area contributed by atoms with Gasteiger partial charge in [0.05, 0.1) is 0 Å². The van der Waals surface area contributed by atoms with Crippen LogP contribution < -0.4 is 5.32 Å². The summed E-state index contributed by atoms with van der Waals surface area (Å²) in [5.41, 5.74) is 0. The molecule has 3 atom stereocenters. The van der Waals surface area contributed by atoms with Gasteiger partial charge < -0.3 is 10.2 Å². The summed E-state index contributed by atoms with van der Waals surface area (Å²) in [7, 11) is 0. The first-order valence-electron chi connectivity index (χ1n) is 8.67. The summed E-state index contributed by atoms with van der Waals surface area (Å²) in [5, 5.41) is 3.96. The average molecular weight is 266 g/mol. The summed E-state index contributed by atoms with van der Waals surface area (Å²) in [6.07, 6.45) is 9.66. The Morgan fingerprint density at radius 3 is 2.32 bits per heavy atom. The van der Waals surface area contributed by atoms with Crippen LogP contribution in [0.25, 0.3) is 0 Å². The Balaban J connectivity index is 1.65. The highest BCUT2D eigenvalue weighted by Gasteiger charge is 2.27. The largest absolute Gasteiger partial charge is 0.311 e. The molecule has 0 aromatic rings. The van der Waals surface area contributed by atoms with Crippen LogP contribution in [0.3, 0.4) is 0 Å². The van der Waals surface area contributed by atoms with E-state index in [1.165, 1.54) is 64.6 Å². The SMILES string of the molecule is CCCCN1CCC(NC2CCC(C)C(C)C2)CC1. The lowest BCUT2D eigenvalue weighted by molar-refractivity contribution is 0.164. The van der Waals surface area contributed by atoms with Crippen molar-refractivity contribution in [2.24, 2.45) is 11.8 Å². The molecule has 2 aliphatic rings. The number of nitrogens with one attached hydrogen (secondary N) is 1. The molecule has 1 saturated carbocycles. The Morgan fingerprint density at radius 1 is 0.947 bits per heavy atom. The van der Waals surface area contributed by atoms with Crippen molar-refractivity contribution in [3.63, 3.8) is 0 Å². The number of nitrogens with zero attached hydrogens (tertiary/aromatic N) is 1. The van der Waals surface area contributed by atoms with Crippen LogP contribution in [0.5, 0.6) is 0 Å². The molecule has 19 heavy (non-hydrogen) atoms. The minimum Gasteiger partial charge on any atom is -0.311 e. The fourth-order valence-electron chi connectivity index (χ4n) is 3.74. The summed E-state index contributed by atoms with van der Waals surface area (Å²) in [6, 6.07) is 1.60. The molecule has 1 aliphatic heterocycles. The van der Waals surface area contributed by atoms with Crippen molar-refractivity contribution in [1.29, 1.82) is 0 Å². The Labute approximate surface area is 120 Å². The summed E-state index contributed by atoms with van der Waals surface area (Å²) in [6.45, 7) is 11.1. The summed E-state index contributed by atoms with van der Waals surface area (Å²) in [5.74, 6) is 1.85. The van der Waals surface area contributed by atoms with Crippen LogP contribution in [-0.2, 0) is 0 Å². The molecule has 112 valence electrons. The van der Waals surface area contributed by atoms with Gasteiger partial charge in [-0.25, -0.2) is 0 Å². The van der Waals surface area contributed by atoms with E-state index >= 15 is 0 Å². The topological polar surface area (TPSA) is 15.3 Å². The Hall–Kier alpha value is -0.0800. The first kappa shape index (κ1) is 15.3. The number of hydrogen-bond acceptors (Lipinski definition) is 2. The monoisotopic (exact) mass is 266 g/mol.